The van der Waals surface area contributed by atoms with Crippen LogP contribution in [-0.2, 0) is 6.54 Å². The molecule has 1 N–H and O–H groups in total. The summed E-state index contributed by atoms with van der Waals surface area (Å²) in [5.74, 6) is 1.85. The molecule has 1 aliphatic carbocycles. The van der Waals surface area contributed by atoms with Crippen molar-refractivity contribution in [1.29, 1.82) is 0 Å². The highest BCUT2D eigenvalue weighted by atomic mass is 16.3. The molecule has 0 saturated heterocycles. The minimum absolute atomic E-state index is 0.752. The lowest BCUT2D eigenvalue weighted by atomic mass is 10.2. The van der Waals surface area contributed by atoms with Crippen LogP contribution in [0.4, 0.5) is 0 Å². The quantitative estimate of drug-likeness (QED) is 0.657. The molecule has 3 heteroatoms. The molecule has 3 nitrogen and oxygen atoms in total. The molecular formula is C16H28N2O. The summed E-state index contributed by atoms with van der Waals surface area (Å²) in [4.78, 5) is 2.58. The van der Waals surface area contributed by atoms with Crippen LogP contribution < -0.4 is 5.32 Å². The molecule has 1 aromatic heterocycles. The van der Waals surface area contributed by atoms with E-state index in [0.717, 1.165) is 37.4 Å². The Kier molecular flexibility index (Phi) is 5.93. The molecule has 0 spiro atoms. The van der Waals surface area contributed by atoms with Crippen LogP contribution in [0.2, 0.25) is 0 Å². The average molecular weight is 264 g/mol. The second-order valence-corrected chi connectivity index (χ2v) is 6.09. The first-order chi connectivity index (χ1) is 9.25. The minimum atomic E-state index is 0.752. The van der Waals surface area contributed by atoms with Gasteiger partial charge >= 0.3 is 0 Å². The van der Waals surface area contributed by atoms with Gasteiger partial charge in [-0.1, -0.05) is 13.8 Å². The Hall–Kier alpha value is -0.800. The Bertz CT molecular complexity index is 331. The highest BCUT2D eigenvalue weighted by Crippen LogP contribution is 2.28. The highest BCUT2D eigenvalue weighted by molar-refractivity contribution is 4.99. The Labute approximate surface area is 117 Å². The number of furan rings is 1. The van der Waals surface area contributed by atoms with Gasteiger partial charge in [-0.25, -0.2) is 0 Å². The van der Waals surface area contributed by atoms with Crippen molar-refractivity contribution in [3.05, 3.63) is 24.2 Å². The van der Waals surface area contributed by atoms with Crippen molar-refractivity contribution in [2.75, 3.05) is 19.6 Å². The van der Waals surface area contributed by atoms with E-state index in [1.54, 1.807) is 6.26 Å². The van der Waals surface area contributed by atoms with E-state index in [2.05, 4.69) is 30.1 Å². The van der Waals surface area contributed by atoms with Gasteiger partial charge in [0.25, 0.3) is 0 Å². The van der Waals surface area contributed by atoms with Gasteiger partial charge in [-0.2, -0.15) is 0 Å². The molecular weight excluding hydrogens is 236 g/mol. The monoisotopic (exact) mass is 264 g/mol. The largest absolute Gasteiger partial charge is 0.468 e. The van der Waals surface area contributed by atoms with Crippen LogP contribution in [0.1, 0.15) is 45.3 Å². The summed E-state index contributed by atoms with van der Waals surface area (Å²) < 4.78 is 5.46. The Morgan fingerprint density at radius 1 is 1.37 bits per heavy atom. The summed E-state index contributed by atoms with van der Waals surface area (Å²) in [7, 11) is 0. The van der Waals surface area contributed by atoms with E-state index in [0.29, 0.717) is 0 Å². The van der Waals surface area contributed by atoms with Gasteiger partial charge in [0.1, 0.15) is 5.76 Å². The average Bonchev–Trinajstić information content (AvgIpc) is 3.10. The molecule has 0 aliphatic heterocycles. The number of hydrogen-bond donors (Lipinski definition) is 1. The van der Waals surface area contributed by atoms with Crippen LogP contribution in [0.15, 0.2) is 22.8 Å². The predicted molar refractivity (Wildman–Crippen MR) is 79.1 cm³/mol. The third-order valence-electron chi connectivity index (χ3n) is 3.60. The molecule has 1 aliphatic rings. The number of nitrogens with one attached hydrogen (secondary N) is 1. The van der Waals surface area contributed by atoms with Crippen LogP contribution in [0.5, 0.6) is 0 Å². The van der Waals surface area contributed by atoms with E-state index in [9.17, 15) is 0 Å². The number of rotatable bonds is 10. The van der Waals surface area contributed by atoms with Crippen LogP contribution in [0.3, 0.4) is 0 Å². The minimum Gasteiger partial charge on any atom is -0.468 e. The first kappa shape index (κ1) is 14.6. The molecule has 1 fully saturated rings. The van der Waals surface area contributed by atoms with Crippen molar-refractivity contribution in [2.24, 2.45) is 5.92 Å². The zero-order valence-electron chi connectivity index (χ0n) is 12.4. The maximum Gasteiger partial charge on any atom is 0.117 e. The second kappa shape index (κ2) is 7.71. The zero-order chi connectivity index (χ0) is 13.5. The Morgan fingerprint density at radius 3 is 2.84 bits per heavy atom. The maximum atomic E-state index is 5.46. The lowest BCUT2D eigenvalue weighted by Gasteiger charge is -2.20. The van der Waals surface area contributed by atoms with Crippen LogP contribution >= 0.6 is 0 Å². The number of hydrogen-bond acceptors (Lipinski definition) is 3. The molecule has 0 aromatic carbocycles. The SMILES string of the molecule is CC(C)CNCCCCN(Cc1ccco1)C1CC1. The van der Waals surface area contributed by atoms with Crippen molar-refractivity contribution in [1.82, 2.24) is 10.2 Å². The van der Waals surface area contributed by atoms with Crippen molar-refractivity contribution in [3.8, 4) is 0 Å². The van der Waals surface area contributed by atoms with E-state index < -0.39 is 0 Å². The van der Waals surface area contributed by atoms with Gasteiger partial charge in [0, 0.05) is 6.04 Å². The highest BCUT2D eigenvalue weighted by Gasteiger charge is 2.28. The summed E-state index contributed by atoms with van der Waals surface area (Å²) in [5, 5.41) is 3.51. The number of unbranched alkanes of at least 4 members (excludes halogenated alkanes) is 1. The topological polar surface area (TPSA) is 28.4 Å². The molecule has 1 heterocycles. The van der Waals surface area contributed by atoms with E-state index >= 15 is 0 Å². The van der Waals surface area contributed by atoms with Gasteiger partial charge < -0.3 is 9.73 Å². The predicted octanol–water partition coefficient (Wildman–Crippen LogP) is 3.27. The molecule has 19 heavy (non-hydrogen) atoms. The first-order valence-corrected chi connectivity index (χ1v) is 7.73. The molecule has 0 unspecified atom stereocenters. The van der Waals surface area contributed by atoms with Gasteiger partial charge in [-0.3, -0.25) is 4.90 Å². The van der Waals surface area contributed by atoms with Crippen LogP contribution in [0, 0.1) is 5.92 Å². The molecule has 1 saturated carbocycles. The molecule has 0 radical (unpaired) electrons. The smallest absolute Gasteiger partial charge is 0.117 e. The molecule has 0 amide bonds. The fourth-order valence-corrected chi connectivity index (χ4v) is 2.39. The van der Waals surface area contributed by atoms with Gasteiger partial charge in [0.2, 0.25) is 0 Å². The Morgan fingerprint density at radius 2 is 2.21 bits per heavy atom. The van der Waals surface area contributed by atoms with Gasteiger partial charge in [-0.15, -0.1) is 0 Å². The van der Waals surface area contributed by atoms with E-state index in [-0.39, 0.29) is 0 Å². The third-order valence-corrected chi connectivity index (χ3v) is 3.60. The van der Waals surface area contributed by atoms with Gasteiger partial charge in [0.05, 0.1) is 12.8 Å². The fourth-order valence-electron chi connectivity index (χ4n) is 2.39. The second-order valence-electron chi connectivity index (χ2n) is 6.09. The van der Waals surface area contributed by atoms with Crippen molar-refractivity contribution >= 4 is 0 Å². The van der Waals surface area contributed by atoms with Crippen LogP contribution in [-0.4, -0.2) is 30.6 Å². The lowest BCUT2D eigenvalue weighted by molar-refractivity contribution is 0.229. The van der Waals surface area contributed by atoms with E-state index in [1.807, 2.05) is 6.07 Å². The number of nitrogens with zero attached hydrogens (tertiary/aromatic N) is 1. The summed E-state index contributed by atoms with van der Waals surface area (Å²) in [6.45, 7) is 8.98. The van der Waals surface area contributed by atoms with Gasteiger partial charge in [-0.05, 0) is 63.4 Å². The lowest BCUT2D eigenvalue weighted by Crippen LogP contribution is -2.27. The van der Waals surface area contributed by atoms with E-state index in [1.165, 1.54) is 32.2 Å². The van der Waals surface area contributed by atoms with E-state index in [4.69, 9.17) is 4.42 Å². The molecule has 108 valence electrons. The first-order valence-electron chi connectivity index (χ1n) is 7.73. The fraction of sp³-hybridized carbons (Fsp3) is 0.750. The van der Waals surface area contributed by atoms with Crippen LogP contribution in [0.25, 0.3) is 0 Å². The Balaban J connectivity index is 1.59. The van der Waals surface area contributed by atoms with Gasteiger partial charge in [0.15, 0.2) is 0 Å². The van der Waals surface area contributed by atoms with Crippen molar-refractivity contribution in [3.63, 3.8) is 0 Å². The maximum absolute atomic E-state index is 5.46. The zero-order valence-corrected chi connectivity index (χ0v) is 12.4. The van der Waals surface area contributed by atoms with Crippen molar-refractivity contribution in [2.45, 2.75) is 52.1 Å². The van der Waals surface area contributed by atoms with Crippen molar-refractivity contribution < 1.29 is 4.42 Å². The summed E-state index contributed by atoms with van der Waals surface area (Å²) >= 11 is 0. The molecule has 0 bridgehead atoms. The summed E-state index contributed by atoms with van der Waals surface area (Å²) in [5.41, 5.74) is 0. The molecule has 1 aromatic rings. The summed E-state index contributed by atoms with van der Waals surface area (Å²) in [6.07, 6.45) is 7.06. The molecule has 2 rings (SSSR count). The summed E-state index contributed by atoms with van der Waals surface area (Å²) in [6, 6.07) is 4.88. The normalized spacial score (nSPS) is 15.6. The third kappa shape index (κ3) is 5.79. The molecule has 0 atom stereocenters. The standard InChI is InChI=1S/C16H28N2O/c1-14(2)12-17-9-3-4-10-18(15-7-8-15)13-16-6-5-11-19-16/h5-6,11,14-15,17H,3-4,7-10,12-13H2,1-2H3.